The molecule has 0 bridgehead atoms. The normalized spacial score (nSPS) is 31.1. The van der Waals surface area contributed by atoms with Gasteiger partial charge in [0, 0.05) is 12.5 Å². The summed E-state index contributed by atoms with van der Waals surface area (Å²) < 4.78 is 24.7. The van der Waals surface area contributed by atoms with Gasteiger partial charge in [0.1, 0.15) is 5.75 Å². The topological polar surface area (TPSA) is 38.7 Å². The number of rotatable bonds is 2. The highest BCUT2D eigenvalue weighted by Crippen LogP contribution is 2.37. The molecule has 3 rings (SSSR count). The van der Waals surface area contributed by atoms with Gasteiger partial charge in [-0.2, -0.15) is 0 Å². The number of benzene rings is 1. The molecule has 1 saturated carbocycles. The van der Waals surface area contributed by atoms with Crippen LogP contribution in [0.25, 0.3) is 0 Å². The van der Waals surface area contributed by atoms with Crippen LogP contribution in [0.1, 0.15) is 32.1 Å². The van der Waals surface area contributed by atoms with E-state index in [1.54, 1.807) is 6.07 Å². The molecule has 0 radical (unpaired) electrons. The zero-order valence-corrected chi connectivity index (χ0v) is 10.1. The Hall–Kier alpha value is -1.29. The number of phenols is 1. The van der Waals surface area contributed by atoms with Crippen molar-refractivity contribution in [3.05, 3.63) is 24.0 Å². The summed E-state index contributed by atoms with van der Waals surface area (Å²) in [6.07, 6.45) is 5.59. The van der Waals surface area contributed by atoms with Crippen molar-refractivity contribution in [3.8, 4) is 11.5 Å². The highest BCUT2D eigenvalue weighted by Gasteiger charge is 2.35. The highest BCUT2D eigenvalue weighted by atomic mass is 19.1. The second-order valence-corrected chi connectivity index (χ2v) is 5.10. The van der Waals surface area contributed by atoms with Gasteiger partial charge in [0.25, 0.3) is 0 Å². The van der Waals surface area contributed by atoms with Crippen LogP contribution in [0.5, 0.6) is 11.5 Å². The molecule has 98 valence electrons. The van der Waals surface area contributed by atoms with Gasteiger partial charge in [-0.3, -0.25) is 0 Å². The van der Waals surface area contributed by atoms with Gasteiger partial charge >= 0.3 is 0 Å². The van der Waals surface area contributed by atoms with Crippen molar-refractivity contribution < 1.29 is 19.0 Å². The maximum Gasteiger partial charge on any atom is 0.200 e. The maximum atomic E-state index is 13.2. The zero-order valence-electron chi connectivity index (χ0n) is 10.1. The van der Waals surface area contributed by atoms with Crippen LogP contribution >= 0.6 is 0 Å². The SMILES string of the molecule is Oc1ccc(OC2CCC3CCCC3O2)cc1F. The molecule has 1 N–H and O–H groups in total. The average Bonchev–Trinajstić information content (AvgIpc) is 2.81. The molecule has 4 heteroatoms. The molecule has 1 aliphatic carbocycles. The Labute approximate surface area is 106 Å². The lowest BCUT2D eigenvalue weighted by Crippen LogP contribution is -2.35. The molecule has 0 aromatic heterocycles. The molecule has 3 unspecified atom stereocenters. The van der Waals surface area contributed by atoms with E-state index in [-0.39, 0.29) is 12.0 Å². The third-order valence-electron chi connectivity index (χ3n) is 3.88. The predicted octanol–water partition coefficient (Wildman–Crippen LogP) is 3.22. The fourth-order valence-corrected chi connectivity index (χ4v) is 2.92. The summed E-state index contributed by atoms with van der Waals surface area (Å²) in [5.74, 6) is 0.0676. The van der Waals surface area contributed by atoms with Crippen molar-refractivity contribution in [3.63, 3.8) is 0 Å². The Bertz CT molecular complexity index is 435. The minimum atomic E-state index is -0.665. The first-order valence-corrected chi connectivity index (χ1v) is 6.53. The van der Waals surface area contributed by atoms with Crippen LogP contribution in [0.15, 0.2) is 18.2 Å². The molecular weight excluding hydrogens is 235 g/mol. The quantitative estimate of drug-likeness (QED) is 0.878. The van der Waals surface area contributed by atoms with Crippen LogP contribution in [-0.4, -0.2) is 17.5 Å². The smallest absolute Gasteiger partial charge is 0.200 e. The van der Waals surface area contributed by atoms with Crippen molar-refractivity contribution in [2.45, 2.75) is 44.5 Å². The van der Waals surface area contributed by atoms with Gasteiger partial charge in [0.15, 0.2) is 17.9 Å². The van der Waals surface area contributed by atoms with Crippen molar-refractivity contribution >= 4 is 0 Å². The molecule has 1 aromatic carbocycles. The molecule has 1 heterocycles. The average molecular weight is 252 g/mol. The maximum absolute atomic E-state index is 13.2. The largest absolute Gasteiger partial charge is 0.505 e. The minimum absolute atomic E-state index is 0.284. The van der Waals surface area contributed by atoms with Crippen molar-refractivity contribution in [1.29, 1.82) is 0 Å². The van der Waals surface area contributed by atoms with Gasteiger partial charge < -0.3 is 14.6 Å². The third-order valence-corrected chi connectivity index (χ3v) is 3.88. The van der Waals surface area contributed by atoms with Crippen molar-refractivity contribution in [1.82, 2.24) is 0 Å². The second-order valence-electron chi connectivity index (χ2n) is 5.10. The third kappa shape index (κ3) is 2.29. The van der Waals surface area contributed by atoms with E-state index in [1.807, 2.05) is 0 Å². The summed E-state index contributed by atoms with van der Waals surface area (Å²) in [6, 6.07) is 4.05. The molecule has 3 nitrogen and oxygen atoms in total. The molecule has 1 aliphatic heterocycles. The summed E-state index contributed by atoms with van der Waals surface area (Å²) in [5.41, 5.74) is 0. The molecule has 2 fully saturated rings. The standard InChI is InChI=1S/C14H17FO3/c15-11-8-10(5-6-12(11)16)17-14-7-4-9-2-1-3-13(9)18-14/h5-6,8-9,13-14,16H,1-4,7H2. The van der Waals surface area contributed by atoms with Gasteiger partial charge in [0.05, 0.1) is 6.10 Å². The second kappa shape index (κ2) is 4.76. The van der Waals surface area contributed by atoms with Crippen LogP contribution < -0.4 is 4.74 Å². The van der Waals surface area contributed by atoms with Crippen LogP contribution in [0, 0.1) is 11.7 Å². The number of hydrogen-bond donors (Lipinski definition) is 1. The zero-order chi connectivity index (χ0) is 12.5. The van der Waals surface area contributed by atoms with Gasteiger partial charge in [-0.05, 0) is 37.3 Å². The van der Waals surface area contributed by atoms with Crippen LogP contribution in [0.4, 0.5) is 4.39 Å². The lowest BCUT2D eigenvalue weighted by molar-refractivity contribution is -0.160. The summed E-state index contributed by atoms with van der Waals surface area (Å²) in [7, 11) is 0. The molecule has 0 amide bonds. The van der Waals surface area contributed by atoms with E-state index in [0.717, 1.165) is 19.3 Å². The number of ether oxygens (including phenoxy) is 2. The fraction of sp³-hybridized carbons (Fsp3) is 0.571. The van der Waals surface area contributed by atoms with Gasteiger partial charge in [0.2, 0.25) is 0 Å². The first-order chi connectivity index (χ1) is 8.72. The Morgan fingerprint density at radius 1 is 1.22 bits per heavy atom. The van der Waals surface area contributed by atoms with E-state index in [4.69, 9.17) is 14.6 Å². The van der Waals surface area contributed by atoms with E-state index >= 15 is 0 Å². The summed E-state index contributed by atoms with van der Waals surface area (Å²) in [6.45, 7) is 0. The summed E-state index contributed by atoms with van der Waals surface area (Å²) in [5, 5.41) is 9.11. The molecule has 3 atom stereocenters. The van der Waals surface area contributed by atoms with Crippen LogP contribution in [-0.2, 0) is 4.74 Å². The Balaban J connectivity index is 1.64. The van der Waals surface area contributed by atoms with E-state index in [9.17, 15) is 4.39 Å². The number of aromatic hydroxyl groups is 1. The van der Waals surface area contributed by atoms with E-state index < -0.39 is 5.82 Å². The number of hydrogen-bond acceptors (Lipinski definition) is 3. The van der Waals surface area contributed by atoms with E-state index in [2.05, 4.69) is 0 Å². The van der Waals surface area contributed by atoms with E-state index in [1.165, 1.54) is 25.0 Å². The fourth-order valence-electron chi connectivity index (χ4n) is 2.92. The summed E-state index contributed by atoms with van der Waals surface area (Å²) >= 11 is 0. The molecule has 0 spiro atoms. The lowest BCUT2D eigenvalue weighted by Gasteiger charge is -2.32. The predicted molar refractivity (Wildman–Crippen MR) is 63.9 cm³/mol. The molecular formula is C14H17FO3. The monoisotopic (exact) mass is 252 g/mol. The molecule has 2 aliphatic rings. The highest BCUT2D eigenvalue weighted by molar-refractivity contribution is 5.32. The Morgan fingerprint density at radius 2 is 2.11 bits per heavy atom. The lowest BCUT2D eigenvalue weighted by atomic mass is 9.97. The van der Waals surface area contributed by atoms with E-state index in [0.29, 0.717) is 17.8 Å². The number of phenolic OH excluding ortho intramolecular Hbond substituents is 1. The Kier molecular flexibility index (Phi) is 3.12. The van der Waals surface area contributed by atoms with Crippen molar-refractivity contribution in [2.75, 3.05) is 0 Å². The Morgan fingerprint density at radius 3 is 2.94 bits per heavy atom. The minimum Gasteiger partial charge on any atom is -0.505 e. The number of halogens is 1. The molecule has 1 aromatic rings. The van der Waals surface area contributed by atoms with Crippen molar-refractivity contribution in [2.24, 2.45) is 5.92 Å². The van der Waals surface area contributed by atoms with Gasteiger partial charge in [-0.1, -0.05) is 6.42 Å². The number of fused-ring (bicyclic) bond motifs is 1. The first kappa shape index (κ1) is 11.8. The van der Waals surface area contributed by atoms with Gasteiger partial charge in [-0.15, -0.1) is 0 Å². The van der Waals surface area contributed by atoms with Crippen LogP contribution in [0.2, 0.25) is 0 Å². The summed E-state index contributed by atoms with van der Waals surface area (Å²) in [4.78, 5) is 0. The van der Waals surface area contributed by atoms with Crippen LogP contribution in [0.3, 0.4) is 0 Å². The molecule has 18 heavy (non-hydrogen) atoms. The van der Waals surface area contributed by atoms with Gasteiger partial charge in [-0.25, -0.2) is 4.39 Å². The first-order valence-electron chi connectivity index (χ1n) is 6.53. The molecule has 1 saturated heterocycles.